The van der Waals surface area contributed by atoms with E-state index in [4.69, 9.17) is 0 Å². The minimum Gasteiger partial charge on any atom is -0.324 e. The molecule has 6 nitrogen and oxygen atoms in total. The number of amides is 1. The maximum Gasteiger partial charge on any atom is 0.241 e. The normalized spacial score (nSPS) is 11.5. The van der Waals surface area contributed by atoms with E-state index in [0.29, 0.717) is 18.4 Å². The lowest BCUT2D eigenvalue weighted by Gasteiger charge is -2.05. The number of aryl methyl sites for hydroxylation is 1. The van der Waals surface area contributed by atoms with Crippen molar-refractivity contribution in [1.29, 1.82) is 0 Å². The van der Waals surface area contributed by atoms with E-state index in [1.165, 1.54) is 0 Å². The zero-order valence-corrected chi connectivity index (χ0v) is 14.4. The molecular formula is C18H19N3O3S. The highest BCUT2D eigenvalue weighted by molar-refractivity contribution is 7.92. The quantitative estimate of drug-likeness (QED) is 0.680. The molecule has 0 atom stereocenters. The summed E-state index contributed by atoms with van der Waals surface area (Å²) >= 11 is 0. The van der Waals surface area contributed by atoms with Crippen molar-refractivity contribution < 1.29 is 13.2 Å². The van der Waals surface area contributed by atoms with Crippen LogP contribution in [0, 0.1) is 0 Å². The van der Waals surface area contributed by atoms with Crippen molar-refractivity contribution in [2.24, 2.45) is 0 Å². The van der Waals surface area contributed by atoms with Gasteiger partial charge in [-0.1, -0.05) is 42.5 Å². The Morgan fingerprint density at radius 1 is 1.04 bits per heavy atom. The van der Waals surface area contributed by atoms with Crippen molar-refractivity contribution in [2.75, 3.05) is 16.8 Å². The van der Waals surface area contributed by atoms with Crippen LogP contribution in [0.15, 0.2) is 54.6 Å². The first-order valence-electron chi connectivity index (χ1n) is 8.01. The van der Waals surface area contributed by atoms with Crippen LogP contribution in [0.5, 0.6) is 0 Å². The van der Waals surface area contributed by atoms with Crippen molar-refractivity contribution >= 4 is 32.7 Å². The largest absolute Gasteiger partial charge is 0.324 e. The fourth-order valence-electron chi connectivity index (χ4n) is 2.59. The second kappa shape index (κ2) is 7.48. The highest BCUT2D eigenvalue weighted by Crippen LogP contribution is 2.13. The molecular weight excluding hydrogens is 338 g/mol. The molecule has 0 aliphatic carbocycles. The summed E-state index contributed by atoms with van der Waals surface area (Å²) < 4.78 is 24.2. The number of sulfone groups is 1. The summed E-state index contributed by atoms with van der Waals surface area (Å²) in [6, 6.07) is 17.0. The summed E-state index contributed by atoms with van der Waals surface area (Å²) in [7, 11) is -3.45. The number of fused-ring (bicyclic) bond motifs is 1. The Kier molecular flexibility index (Phi) is 5.14. The number of nitrogens with zero attached hydrogens (tertiary/aromatic N) is 1. The second-order valence-electron chi connectivity index (χ2n) is 5.83. The van der Waals surface area contributed by atoms with Crippen molar-refractivity contribution in [3.05, 3.63) is 60.2 Å². The Hall–Kier alpha value is -2.67. The van der Waals surface area contributed by atoms with Crippen LogP contribution in [0.1, 0.15) is 12.0 Å². The second-order valence-corrected chi connectivity index (χ2v) is 8.02. The van der Waals surface area contributed by atoms with E-state index in [2.05, 4.69) is 15.3 Å². The number of para-hydroxylation sites is 2. The number of hydrogen-bond acceptors (Lipinski definition) is 4. The molecule has 25 heavy (non-hydrogen) atoms. The van der Waals surface area contributed by atoms with Gasteiger partial charge < -0.3 is 4.98 Å². The van der Waals surface area contributed by atoms with Gasteiger partial charge in [0.05, 0.1) is 16.8 Å². The van der Waals surface area contributed by atoms with Crippen LogP contribution in [0.4, 0.5) is 5.95 Å². The minimum atomic E-state index is -3.45. The lowest BCUT2D eigenvalue weighted by molar-refractivity contribution is -0.113. The van der Waals surface area contributed by atoms with E-state index in [-0.39, 0.29) is 11.7 Å². The molecule has 0 fully saturated rings. The first-order valence-corrected chi connectivity index (χ1v) is 9.83. The van der Waals surface area contributed by atoms with E-state index < -0.39 is 21.5 Å². The summed E-state index contributed by atoms with van der Waals surface area (Å²) in [5, 5.41) is 2.51. The number of imidazole rings is 1. The zero-order chi connectivity index (χ0) is 17.7. The van der Waals surface area contributed by atoms with E-state index in [1.54, 1.807) is 0 Å². The number of nitrogens with one attached hydrogen (secondary N) is 2. The average Bonchev–Trinajstić information content (AvgIpc) is 2.97. The highest BCUT2D eigenvalue weighted by Gasteiger charge is 2.17. The minimum absolute atomic E-state index is 0.0184. The van der Waals surface area contributed by atoms with Gasteiger partial charge in [-0.2, -0.15) is 0 Å². The van der Waals surface area contributed by atoms with E-state index in [0.717, 1.165) is 11.1 Å². The zero-order valence-electron chi connectivity index (χ0n) is 13.6. The van der Waals surface area contributed by atoms with E-state index in [1.807, 2.05) is 54.6 Å². The fourth-order valence-corrected chi connectivity index (χ4v) is 3.79. The van der Waals surface area contributed by atoms with Crippen LogP contribution in [-0.4, -0.2) is 35.8 Å². The van der Waals surface area contributed by atoms with Crippen molar-refractivity contribution in [3.63, 3.8) is 0 Å². The number of rotatable bonds is 7. The van der Waals surface area contributed by atoms with Gasteiger partial charge in [-0.25, -0.2) is 13.4 Å². The lowest BCUT2D eigenvalue weighted by atomic mass is 10.1. The number of carbonyl (C=O) groups excluding carboxylic acids is 1. The van der Waals surface area contributed by atoms with Gasteiger partial charge in [0.25, 0.3) is 0 Å². The molecule has 0 aliphatic heterocycles. The van der Waals surface area contributed by atoms with Crippen molar-refractivity contribution in [3.8, 4) is 0 Å². The molecule has 2 N–H and O–H groups in total. The van der Waals surface area contributed by atoms with E-state index in [9.17, 15) is 13.2 Å². The molecule has 0 unspecified atom stereocenters. The SMILES string of the molecule is O=C(CS(=O)(=O)CCCc1ccccc1)Nc1nc2ccccc2[nH]1. The number of aromatic nitrogens is 2. The average molecular weight is 357 g/mol. The highest BCUT2D eigenvalue weighted by atomic mass is 32.2. The maximum absolute atomic E-state index is 12.1. The van der Waals surface area contributed by atoms with Crippen LogP contribution < -0.4 is 5.32 Å². The molecule has 3 aromatic rings. The third-order valence-corrected chi connectivity index (χ3v) is 5.37. The molecule has 0 saturated carbocycles. The summed E-state index contributed by atoms with van der Waals surface area (Å²) in [5.74, 6) is -0.890. The van der Waals surface area contributed by atoms with Crippen molar-refractivity contribution in [1.82, 2.24) is 9.97 Å². The van der Waals surface area contributed by atoms with Gasteiger partial charge in [0, 0.05) is 0 Å². The van der Waals surface area contributed by atoms with Gasteiger partial charge in [-0.15, -0.1) is 0 Å². The number of H-pyrrole nitrogens is 1. The number of aromatic amines is 1. The predicted molar refractivity (Wildman–Crippen MR) is 98.1 cm³/mol. The predicted octanol–water partition coefficient (Wildman–Crippen LogP) is 2.55. The monoisotopic (exact) mass is 357 g/mol. The molecule has 0 bridgehead atoms. The Morgan fingerprint density at radius 3 is 2.52 bits per heavy atom. The summed E-state index contributed by atoms with van der Waals surface area (Å²) in [6.07, 6.45) is 1.16. The smallest absolute Gasteiger partial charge is 0.241 e. The Balaban J connectivity index is 1.52. The molecule has 0 aliphatic rings. The Bertz CT molecular complexity index is 932. The molecule has 1 amide bonds. The molecule has 0 spiro atoms. The van der Waals surface area contributed by atoms with Crippen molar-refractivity contribution in [2.45, 2.75) is 12.8 Å². The van der Waals surface area contributed by atoms with Crippen LogP contribution in [0.25, 0.3) is 11.0 Å². The third-order valence-electron chi connectivity index (χ3n) is 3.76. The number of hydrogen-bond donors (Lipinski definition) is 2. The molecule has 0 radical (unpaired) electrons. The maximum atomic E-state index is 12.1. The first-order chi connectivity index (χ1) is 12.0. The Morgan fingerprint density at radius 2 is 1.76 bits per heavy atom. The van der Waals surface area contributed by atoms with Gasteiger partial charge in [-0.05, 0) is 30.5 Å². The summed E-state index contributed by atoms with van der Waals surface area (Å²) in [6.45, 7) is 0. The van der Waals surface area contributed by atoms with Gasteiger partial charge in [-0.3, -0.25) is 10.1 Å². The van der Waals surface area contributed by atoms with Gasteiger partial charge >= 0.3 is 0 Å². The van der Waals surface area contributed by atoms with Gasteiger partial charge in [0.15, 0.2) is 9.84 Å². The van der Waals surface area contributed by atoms with E-state index >= 15 is 0 Å². The fraction of sp³-hybridized carbons (Fsp3) is 0.222. The standard InChI is InChI=1S/C18H19N3O3S/c22-17(21-18-19-15-10-4-5-11-16(15)20-18)13-25(23,24)12-6-9-14-7-2-1-3-8-14/h1-5,7-8,10-11H,6,9,12-13H2,(H2,19,20,21,22). The number of anilines is 1. The summed E-state index contributed by atoms with van der Waals surface area (Å²) in [5.41, 5.74) is 2.58. The number of benzene rings is 2. The van der Waals surface area contributed by atoms with Crippen LogP contribution >= 0.6 is 0 Å². The topological polar surface area (TPSA) is 91.9 Å². The Labute approximate surface area is 146 Å². The van der Waals surface area contributed by atoms with Gasteiger partial charge in [0.2, 0.25) is 11.9 Å². The van der Waals surface area contributed by atoms with Crippen LogP contribution in [0.2, 0.25) is 0 Å². The molecule has 2 aromatic carbocycles. The molecule has 7 heteroatoms. The molecule has 3 rings (SSSR count). The lowest BCUT2D eigenvalue weighted by Crippen LogP contribution is -2.25. The van der Waals surface area contributed by atoms with Gasteiger partial charge in [0.1, 0.15) is 5.75 Å². The first kappa shape index (κ1) is 17.2. The molecule has 0 saturated heterocycles. The third kappa shape index (κ3) is 4.90. The summed E-state index contributed by atoms with van der Waals surface area (Å²) in [4.78, 5) is 19.1. The molecule has 1 heterocycles. The number of carbonyl (C=O) groups is 1. The molecule has 130 valence electrons. The van der Waals surface area contributed by atoms with Crippen LogP contribution in [0.3, 0.4) is 0 Å². The van der Waals surface area contributed by atoms with Crippen LogP contribution in [-0.2, 0) is 21.1 Å². The molecule has 1 aromatic heterocycles.